The number of benzene rings is 1. The van der Waals surface area contributed by atoms with Crippen LogP contribution in [0.25, 0.3) is 0 Å². The minimum Gasteiger partial charge on any atom is -0.497 e. The maximum atomic E-state index is 6.38. The van der Waals surface area contributed by atoms with E-state index in [-0.39, 0.29) is 0 Å². The number of nitrogens with zero attached hydrogens (tertiary/aromatic N) is 1. The monoisotopic (exact) mass is 299 g/mol. The topological polar surface area (TPSA) is 21.7 Å². The van der Waals surface area contributed by atoms with Crippen LogP contribution in [-0.2, 0) is 0 Å². The van der Waals surface area contributed by atoms with Crippen LogP contribution in [0, 0.1) is 17.8 Å². The summed E-state index contributed by atoms with van der Waals surface area (Å²) in [5.74, 6) is 4.40. The smallest absolute Gasteiger partial charge is 0.497 e. The van der Waals surface area contributed by atoms with Crippen molar-refractivity contribution in [3.05, 3.63) is 36.4 Å². The predicted molar refractivity (Wildman–Crippen MR) is 83.3 cm³/mol. The molecule has 1 aromatic carbocycles. The molecule has 0 amide bonds. The summed E-state index contributed by atoms with van der Waals surface area (Å²) in [5.41, 5.74) is 0. The maximum Gasteiger partial charge on any atom is 0.555 e. The normalized spacial score (nSPS) is 35.1. The highest BCUT2D eigenvalue weighted by Crippen LogP contribution is 2.47. The van der Waals surface area contributed by atoms with Gasteiger partial charge in [0.2, 0.25) is 0 Å². The summed E-state index contributed by atoms with van der Waals surface area (Å²) < 4.78 is 15.4. The van der Waals surface area contributed by atoms with Gasteiger partial charge in [-0.3, -0.25) is 4.57 Å². The number of hydrogen-bond donors (Lipinski definition) is 0. The van der Waals surface area contributed by atoms with Crippen LogP contribution in [0.1, 0.15) is 19.3 Å². The Balaban J connectivity index is 1.37. The van der Waals surface area contributed by atoms with E-state index in [4.69, 9.17) is 8.85 Å². The van der Waals surface area contributed by atoms with E-state index in [0.717, 1.165) is 41.8 Å². The van der Waals surface area contributed by atoms with E-state index >= 15 is 0 Å². The van der Waals surface area contributed by atoms with Crippen LogP contribution >= 0.6 is 0 Å². The van der Waals surface area contributed by atoms with Gasteiger partial charge in [0.25, 0.3) is 0 Å². The average Bonchev–Trinajstić information content (AvgIpc) is 3.24. The highest BCUT2D eigenvalue weighted by Gasteiger charge is 2.57. The zero-order valence-corrected chi connectivity index (χ0v) is 13.2. The summed E-state index contributed by atoms with van der Waals surface area (Å²) in [6.07, 6.45) is 8.85. The third-order valence-corrected chi connectivity index (χ3v) is 9.09. The van der Waals surface area contributed by atoms with E-state index in [2.05, 4.69) is 16.7 Å². The van der Waals surface area contributed by atoms with Gasteiger partial charge < -0.3 is 8.85 Å². The highest BCUT2D eigenvalue weighted by atomic mass is 28.4. The lowest BCUT2D eigenvalue weighted by molar-refractivity contribution is 0.262. The van der Waals surface area contributed by atoms with Gasteiger partial charge in [-0.25, -0.2) is 0 Å². The van der Waals surface area contributed by atoms with Crippen LogP contribution in [0.5, 0.6) is 11.5 Å². The van der Waals surface area contributed by atoms with Crippen LogP contribution in [0.3, 0.4) is 0 Å². The second-order valence-electron chi connectivity index (χ2n) is 6.95. The molecule has 110 valence electrons. The highest BCUT2D eigenvalue weighted by molar-refractivity contribution is 6.67. The molecule has 21 heavy (non-hydrogen) atoms. The molecule has 2 aliphatic carbocycles. The molecule has 3 nitrogen and oxygen atoms in total. The maximum absolute atomic E-state index is 6.38. The van der Waals surface area contributed by atoms with Gasteiger partial charge in [-0.05, 0) is 55.7 Å². The molecule has 0 N–H and O–H groups in total. The molecule has 0 aromatic heterocycles. The Hall–Kier alpha value is -1.26. The molecule has 4 heteroatoms. The average molecular weight is 299 g/mol. The quantitative estimate of drug-likeness (QED) is 0.618. The first-order chi connectivity index (χ1) is 10.3. The molecule has 3 atom stereocenters. The minimum atomic E-state index is -2.19. The van der Waals surface area contributed by atoms with Crippen LogP contribution in [0.4, 0.5) is 0 Å². The molecule has 5 rings (SSSR count). The Morgan fingerprint density at radius 1 is 1.10 bits per heavy atom. The van der Waals surface area contributed by atoms with E-state index < -0.39 is 8.72 Å². The fraction of sp³-hybridized carbons (Fsp3) is 0.529. The summed E-state index contributed by atoms with van der Waals surface area (Å²) >= 11 is 0. The van der Waals surface area contributed by atoms with E-state index in [1.807, 2.05) is 24.3 Å². The number of para-hydroxylation sites is 2. The van der Waals surface area contributed by atoms with Gasteiger partial charge in [0.1, 0.15) is 11.5 Å². The largest absolute Gasteiger partial charge is 0.555 e. The zero-order chi connectivity index (χ0) is 13.9. The summed E-state index contributed by atoms with van der Waals surface area (Å²) in [4.78, 5) is 0. The summed E-state index contributed by atoms with van der Waals surface area (Å²) in [7, 11) is -2.19. The van der Waals surface area contributed by atoms with E-state index in [9.17, 15) is 0 Å². The minimum absolute atomic E-state index is 0.811. The summed E-state index contributed by atoms with van der Waals surface area (Å²) in [6, 6.07) is 9.28. The molecule has 4 aliphatic rings. The SMILES string of the molecule is C1=CC2CC1CC2CN1CCC[Si]12Oc1ccccc1O2. The van der Waals surface area contributed by atoms with Crippen molar-refractivity contribution < 1.29 is 8.85 Å². The third-order valence-electron chi connectivity index (χ3n) is 5.66. The van der Waals surface area contributed by atoms with Crippen molar-refractivity contribution in [3.63, 3.8) is 0 Å². The number of fused-ring (bicyclic) bond motifs is 3. The van der Waals surface area contributed by atoms with Gasteiger partial charge in [-0.15, -0.1) is 0 Å². The van der Waals surface area contributed by atoms with Crippen LogP contribution in [0.15, 0.2) is 36.4 Å². The lowest BCUT2D eigenvalue weighted by atomic mass is 9.94. The number of allylic oxidation sites excluding steroid dienone is 2. The molecular formula is C17H21NO2Si. The molecule has 3 unspecified atom stereocenters. The van der Waals surface area contributed by atoms with Crippen molar-refractivity contribution in [1.82, 2.24) is 4.57 Å². The first-order valence-electron chi connectivity index (χ1n) is 8.23. The van der Waals surface area contributed by atoms with Crippen molar-refractivity contribution >= 4 is 8.72 Å². The third kappa shape index (κ3) is 1.82. The van der Waals surface area contributed by atoms with E-state index in [1.165, 1.54) is 25.8 Å². The molecule has 1 saturated heterocycles. The number of hydrogen-bond acceptors (Lipinski definition) is 3. The van der Waals surface area contributed by atoms with Gasteiger partial charge in [-0.2, -0.15) is 0 Å². The van der Waals surface area contributed by atoms with Gasteiger partial charge >= 0.3 is 8.72 Å². The van der Waals surface area contributed by atoms with Crippen LogP contribution in [0.2, 0.25) is 6.04 Å². The number of rotatable bonds is 2. The fourth-order valence-electron chi connectivity index (χ4n) is 4.65. The molecule has 2 bridgehead atoms. The van der Waals surface area contributed by atoms with Crippen LogP contribution in [-0.4, -0.2) is 26.4 Å². The first kappa shape index (κ1) is 12.3. The predicted octanol–water partition coefficient (Wildman–Crippen LogP) is 3.31. The van der Waals surface area contributed by atoms with Gasteiger partial charge in [0.05, 0.1) is 0 Å². The first-order valence-corrected chi connectivity index (χ1v) is 10.2. The van der Waals surface area contributed by atoms with Gasteiger partial charge in [-0.1, -0.05) is 24.3 Å². The fourth-order valence-corrected chi connectivity index (χ4v) is 8.12. The molecule has 2 aliphatic heterocycles. The Morgan fingerprint density at radius 2 is 1.90 bits per heavy atom. The lowest BCUT2D eigenvalue weighted by Crippen LogP contribution is -2.58. The molecule has 1 aromatic rings. The van der Waals surface area contributed by atoms with Crippen molar-refractivity contribution in [3.8, 4) is 11.5 Å². The van der Waals surface area contributed by atoms with Crippen molar-refractivity contribution in [1.29, 1.82) is 0 Å². The van der Waals surface area contributed by atoms with E-state index in [0.29, 0.717) is 0 Å². The molecule has 1 saturated carbocycles. The second-order valence-corrected chi connectivity index (χ2v) is 9.92. The molecule has 0 radical (unpaired) electrons. The Labute approximate surface area is 126 Å². The Morgan fingerprint density at radius 3 is 2.57 bits per heavy atom. The standard InChI is InChI=1S/C17H21NO2Si/c1-2-5-17-16(4-1)19-21(20-17)9-3-8-18(21)12-15-11-13-6-7-14(15)10-13/h1-2,4-7,13-15H,3,8-12H2. The Bertz CT molecular complexity index is 577. The summed E-state index contributed by atoms with van der Waals surface area (Å²) in [6.45, 7) is 2.32. The summed E-state index contributed by atoms with van der Waals surface area (Å²) in [5, 5.41) is 0. The van der Waals surface area contributed by atoms with Crippen molar-refractivity contribution in [2.24, 2.45) is 17.8 Å². The van der Waals surface area contributed by atoms with Gasteiger partial charge in [0.15, 0.2) is 0 Å². The second kappa shape index (κ2) is 4.37. The molecular weight excluding hydrogens is 278 g/mol. The van der Waals surface area contributed by atoms with Crippen molar-refractivity contribution in [2.75, 3.05) is 13.1 Å². The molecule has 2 fully saturated rings. The molecule has 2 heterocycles. The van der Waals surface area contributed by atoms with Gasteiger partial charge in [0, 0.05) is 12.6 Å². The lowest BCUT2D eigenvalue weighted by Gasteiger charge is -2.32. The molecule has 1 spiro atoms. The van der Waals surface area contributed by atoms with E-state index in [1.54, 1.807) is 0 Å². The van der Waals surface area contributed by atoms with Crippen molar-refractivity contribution in [2.45, 2.75) is 25.3 Å². The van der Waals surface area contributed by atoms with Crippen LogP contribution < -0.4 is 8.85 Å². The zero-order valence-electron chi connectivity index (χ0n) is 12.2. The Kier molecular flexibility index (Phi) is 2.56.